The molecule has 6 nitrogen and oxygen atoms in total. The molecule has 1 aromatic heterocycles. The summed E-state index contributed by atoms with van der Waals surface area (Å²) in [4.78, 5) is 16.8. The molecule has 1 N–H and O–H groups in total. The van der Waals surface area contributed by atoms with Crippen molar-refractivity contribution in [2.24, 2.45) is 0 Å². The Morgan fingerprint density at radius 1 is 1.21 bits per heavy atom. The summed E-state index contributed by atoms with van der Waals surface area (Å²) in [6.45, 7) is 3.95. The minimum absolute atomic E-state index is 0.0751. The van der Waals surface area contributed by atoms with Crippen molar-refractivity contribution in [2.45, 2.75) is 32.7 Å². The number of amides is 1. The number of hydrogen-bond acceptors (Lipinski definition) is 6. The van der Waals surface area contributed by atoms with Gasteiger partial charge in [0, 0.05) is 29.6 Å². The molecule has 3 rings (SSSR count). The number of aromatic nitrogens is 2. The monoisotopic (exact) mass is 415 g/mol. The van der Waals surface area contributed by atoms with Gasteiger partial charge in [0.15, 0.2) is 17.3 Å². The maximum Gasteiger partial charge on any atom is 0.298 e. The quantitative estimate of drug-likeness (QED) is 0.582. The number of halogens is 1. The van der Waals surface area contributed by atoms with Crippen molar-refractivity contribution in [2.75, 3.05) is 7.11 Å². The molecule has 0 aliphatic heterocycles. The van der Waals surface area contributed by atoms with Crippen molar-refractivity contribution in [3.05, 3.63) is 65.2 Å². The van der Waals surface area contributed by atoms with Gasteiger partial charge in [0.1, 0.15) is 5.82 Å². The van der Waals surface area contributed by atoms with Gasteiger partial charge in [-0.1, -0.05) is 19.1 Å². The van der Waals surface area contributed by atoms with E-state index in [9.17, 15) is 9.18 Å². The second-order valence-electron chi connectivity index (χ2n) is 6.53. The van der Waals surface area contributed by atoms with Crippen LogP contribution >= 0.6 is 11.5 Å². The van der Waals surface area contributed by atoms with Crippen molar-refractivity contribution in [1.29, 1.82) is 0 Å². The van der Waals surface area contributed by atoms with E-state index in [1.807, 2.05) is 13.8 Å². The maximum atomic E-state index is 13.0. The highest BCUT2D eigenvalue weighted by atomic mass is 32.1. The standard InChI is InChI=1S/C21H22FN3O3S/c1-4-13(2)23-20(26)15-7-10-17(27-3)18(12-15)28-21-24-19(25-29-21)11-14-5-8-16(22)9-6-14/h5-10,12-13H,4,11H2,1-3H3,(H,23,26). The van der Waals surface area contributed by atoms with Gasteiger partial charge in [-0.15, -0.1) is 0 Å². The van der Waals surface area contributed by atoms with Gasteiger partial charge in [0.05, 0.1) is 7.11 Å². The third kappa shape index (κ3) is 5.51. The van der Waals surface area contributed by atoms with E-state index in [4.69, 9.17) is 9.47 Å². The molecule has 1 atom stereocenters. The topological polar surface area (TPSA) is 73.3 Å². The normalized spacial score (nSPS) is 11.7. The summed E-state index contributed by atoms with van der Waals surface area (Å²) in [6.07, 6.45) is 1.31. The minimum atomic E-state index is -0.284. The summed E-state index contributed by atoms with van der Waals surface area (Å²) < 4.78 is 28.5. The number of nitrogens with one attached hydrogen (secondary N) is 1. The Labute approximate surface area is 172 Å². The molecule has 152 valence electrons. The van der Waals surface area contributed by atoms with Crippen LogP contribution in [0.2, 0.25) is 0 Å². The lowest BCUT2D eigenvalue weighted by atomic mass is 10.1. The van der Waals surface area contributed by atoms with E-state index in [-0.39, 0.29) is 17.8 Å². The van der Waals surface area contributed by atoms with Crippen LogP contribution in [0.15, 0.2) is 42.5 Å². The number of ether oxygens (including phenoxy) is 2. The van der Waals surface area contributed by atoms with E-state index in [1.54, 1.807) is 30.3 Å². The summed E-state index contributed by atoms with van der Waals surface area (Å²) in [5.74, 6) is 0.977. The van der Waals surface area contributed by atoms with Gasteiger partial charge < -0.3 is 14.8 Å². The van der Waals surface area contributed by atoms with Gasteiger partial charge in [-0.3, -0.25) is 4.79 Å². The van der Waals surface area contributed by atoms with E-state index < -0.39 is 0 Å². The molecule has 0 aliphatic carbocycles. The second kappa shape index (κ2) is 9.47. The lowest BCUT2D eigenvalue weighted by Crippen LogP contribution is -2.31. The number of nitrogens with zero attached hydrogens (tertiary/aromatic N) is 2. The smallest absolute Gasteiger partial charge is 0.298 e. The lowest BCUT2D eigenvalue weighted by Gasteiger charge is -2.13. The number of rotatable bonds is 8. The van der Waals surface area contributed by atoms with E-state index in [0.29, 0.717) is 34.5 Å². The first kappa shape index (κ1) is 20.7. The molecule has 0 radical (unpaired) electrons. The predicted molar refractivity (Wildman–Crippen MR) is 109 cm³/mol. The van der Waals surface area contributed by atoms with Crippen LogP contribution in [0, 0.1) is 5.82 Å². The first-order valence-electron chi connectivity index (χ1n) is 9.22. The first-order valence-corrected chi connectivity index (χ1v) is 9.99. The SMILES string of the molecule is CCC(C)NC(=O)c1ccc(OC)c(Oc2nc(Cc3ccc(F)cc3)ns2)c1. The molecule has 0 fully saturated rings. The maximum absolute atomic E-state index is 13.0. The summed E-state index contributed by atoms with van der Waals surface area (Å²) in [5, 5.41) is 3.26. The van der Waals surface area contributed by atoms with E-state index in [1.165, 1.54) is 19.2 Å². The fourth-order valence-corrected chi connectivity index (χ4v) is 3.10. The number of benzene rings is 2. The molecule has 2 aromatic carbocycles. The average Bonchev–Trinajstić information content (AvgIpc) is 3.16. The highest BCUT2D eigenvalue weighted by Gasteiger charge is 2.15. The van der Waals surface area contributed by atoms with Gasteiger partial charge in [0.25, 0.3) is 11.1 Å². The van der Waals surface area contributed by atoms with Crippen LogP contribution in [0.25, 0.3) is 0 Å². The van der Waals surface area contributed by atoms with Gasteiger partial charge in [0.2, 0.25) is 0 Å². The summed E-state index contributed by atoms with van der Waals surface area (Å²) in [7, 11) is 1.53. The van der Waals surface area contributed by atoms with Crippen molar-refractivity contribution < 1.29 is 18.7 Å². The Morgan fingerprint density at radius 2 is 1.97 bits per heavy atom. The first-order chi connectivity index (χ1) is 14.0. The summed E-state index contributed by atoms with van der Waals surface area (Å²) in [5.41, 5.74) is 1.37. The van der Waals surface area contributed by atoms with E-state index in [2.05, 4.69) is 14.7 Å². The number of carbonyl (C=O) groups excluding carboxylic acids is 1. The minimum Gasteiger partial charge on any atom is -0.493 e. The Kier molecular flexibility index (Phi) is 6.77. The molecule has 0 bridgehead atoms. The second-order valence-corrected chi connectivity index (χ2v) is 7.24. The fourth-order valence-electron chi connectivity index (χ4n) is 2.54. The van der Waals surface area contributed by atoms with Crippen molar-refractivity contribution >= 4 is 17.4 Å². The Hall–Kier alpha value is -3.00. The number of methoxy groups -OCH3 is 1. The van der Waals surface area contributed by atoms with Crippen LogP contribution in [0.1, 0.15) is 42.0 Å². The number of carbonyl (C=O) groups is 1. The Balaban J connectivity index is 1.75. The highest BCUT2D eigenvalue weighted by molar-refractivity contribution is 7.07. The third-order valence-electron chi connectivity index (χ3n) is 4.34. The lowest BCUT2D eigenvalue weighted by molar-refractivity contribution is 0.0939. The molecular formula is C21H22FN3O3S. The van der Waals surface area contributed by atoms with Gasteiger partial charge in [-0.05, 0) is 49.2 Å². The zero-order chi connectivity index (χ0) is 20.8. The average molecular weight is 415 g/mol. The molecule has 0 aliphatic rings. The third-order valence-corrected chi connectivity index (χ3v) is 4.97. The van der Waals surface area contributed by atoms with Crippen molar-refractivity contribution in [3.63, 3.8) is 0 Å². The van der Waals surface area contributed by atoms with Gasteiger partial charge in [-0.25, -0.2) is 4.39 Å². The molecule has 1 amide bonds. The summed E-state index contributed by atoms with van der Waals surface area (Å²) in [6, 6.07) is 11.3. The van der Waals surface area contributed by atoms with Crippen LogP contribution in [0.5, 0.6) is 16.7 Å². The molecule has 0 saturated carbocycles. The van der Waals surface area contributed by atoms with Crippen LogP contribution in [-0.4, -0.2) is 28.4 Å². The molecule has 29 heavy (non-hydrogen) atoms. The molecule has 0 saturated heterocycles. The molecule has 0 spiro atoms. The van der Waals surface area contributed by atoms with Crippen LogP contribution < -0.4 is 14.8 Å². The number of hydrogen-bond donors (Lipinski definition) is 1. The summed E-state index contributed by atoms with van der Waals surface area (Å²) >= 11 is 1.10. The highest BCUT2D eigenvalue weighted by Crippen LogP contribution is 2.33. The molecule has 3 aromatic rings. The molecule has 8 heteroatoms. The Bertz CT molecular complexity index is 976. The molecular weight excluding hydrogens is 393 g/mol. The van der Waals surface area contributed by atoms with Crippen LogP contribution in [-0.2, 0) is 6.42 Å². The van der Waals surface area contributed by atoms with Crippen LogP contribution in [0.4, 0.5) is 4.39 Å². The molecule has 1 heterocycles. The van der Waals surface area contributed by atoms with Crippen LogP contribution in [0.3, 0.4) is 0 Å². The van der Waals surface area contributed by atoms with Crippen molar-refractivity contribution in [1.82, 2.24) is 14.7 Å². The van der Waals surface area contributed by atoms with E-state index >= 15 is 0 Å². The predicted octanol–water partition coefficient (Wildman–Crippen LogP) is 4.60. The van der Waals surface area contributed by atoms with Gasteiger partial charge in [-0.2, -0.15) is 9.36 Å². The molecule has 1 unspecified atom stereocenters. The largest absolute Gasteiger partial charge is 0.493 e. The van der Waals surface area contributed by atoms with Gasteiger partial charge >= 0.3 is 0 Å². The fraction of sp³-hybridized carbons (Fsp3) is 0.286. The Morgan fingerprint density at radius 3 is 2.66 bits per heavy atom. The zero-order valence-corrected chi connectivity index (χ0v) is 17.3. The van der Waals surface area contributed by atoms with Crippen molar-refractivity contribution in [3.8, 4) is 16.7 Å². The zero-order valence-electron chi connectivity index (χ0n) is 16.4. The van der Waals surface area contributed by atoms with E-state index in [0.717, 1.165) is 23.5 Å².